The number of allylic oxidation sites excluding steroid dienone is 4. The molecule has 0 saturated carbocycles. The van der Waals surface area contributed by atoms with Gasteiger partial charge in [-0.1, -0.05) is 69.8 Å². The minimum atomic E-state index is 1.04. The molecule has 0 aromatic rings. The maximum absolute atomic E-state index is 5.25. The number of rotatable bonds is 16. The average molecular weight is 307 g/mol. The van der Waals surface area contributed by atoms with E-state index >= 15 is 0 Å². The summed E-state index contributed by atoms with van der Waals surface area (Å²) in [6, 6.07) is 0. The van der Waals surface area contributed by atoms with Crippen LogP contribution in [0.25, 0.3) is 0 Å². The fourth-order valence-corrected chi connectivity index (χ4v) is 2.37. The molecule has 0 aromatic carbocycles. The third-order valence-electron chi connectivity index (χ3n) is 3.74. The Kier molecular flexibility index (Phi) is 18.8. The zero-order valence-corrected chi connectivity index (χ0v) is 14.7. The fraction of sp³-hybridized carbons (Fsp3) is 0.700. The molecule has 0 bridgehead atoms. The molecular weight excluding hydrogens is 268 g/mol. The van der Waals surface area contributed by atoms with E-state index in [4.69, 9.17) is 5.73 Å². The van der Waals surface area contributed by atoms with Gasteiger partial charge in [0.1, 0.15) is 0 Å². The van der Waals surface area contributed by atoms with Crippen LogP contribution >= 0.6 is 0 Å². The van der Waals surface area contributed by atoms with Crippen LogP contribution in [0.3, 0.4) is 0 Å². The van der Waals surface area contributed by atoms with Crippen molar-refractivity contribution in [2.45, 2.75) is 84.0 Å². The lowest BCUT2D eigenvalue weighted by Crippen LogP contribution is -2.07. The Hall–Kier alpha value is -1.18. The Morgan fingerprint density at radius 2 is 1.32 bits per heavy atom. The normalized spacial score (nSPS) is 12.0. The Morgan fingerprint density at radius 3 is 1.95 bits per heavy atom. The lowest BCUT2D eigenvalue weighted by atomic mass is 10.1. The molecule has 2 nitrogen and oxygen atoms in total. The number of nitrogens with two attached hydrogens (primary N) is 1. The van der Waals surface area contributed by atoms with Gasteiger partial charge in [-0.15, -0.1) is 0 Å². The molecule has 0 aromatic heterocycles. The predicted molar refractivity (Wildman–Crippen MR) is 101 cm³/mol. The van der Waals surface area contributed by atoms with Crippen LogP contribution in [0.1, 0.15) is 84.0 Å². The molecule has 0 aliphatic heterocycles. The summed E-state index contributed by atoms with van der Waals surface area (Å²) < 4.78 is 0. The molecule has 0 fully saturated rings. The van der Waals surface area contributed by atoms with Crippen LogP contribution < -0.4 is 11.1 Å². The van der Waals surface area contributed by atoms with Gasteiger partial charge in [-0.05, 0) is 38.5 Å². The van der Waals surface area contributed by atoms with E-state index in [-0.39, 0.29) is 0 Å². The van der Waals surface area contributed by atoms with Crippen LogP contribution in [0.15, 0.2) is 36.7 Å². The van der Waals surface area contributed by atoms with E-state index < -0.39 is 0 Å². The van der Waals surface area contributed by atoms with Crippen LogP contribution in [0.5, 0.6) is 0 Å². The summed E-state index contributed by atoms with van der Waals surface area (Å²) in [4.78, 5) is 0. The second kappa shape index (κ2) is 19.8. The Balaban J connectivity index is 3.14. The standard InChI is InChI=1S/C20H38N2/c1-2-3-4-5-6-7-8-9-10-11-12-13-14-15-16-17-19-22-20-18-21/h6-7,9-10,18,20,22H,2-5,8,11-17,19,21H2,1H3/b7-6-,10-9-,20-18+. The molecule has 0 spiro atoms. The van der Waals surface area contributed by atoms with Gasteiger partial charge in [-0.25, -0.2) is 0 Å². The van der Waals surface area contributed by atoms with E-state index in [9.17, 15) is 0 Å². The predicted octanol–water partition coefficient (Wildman–Crippen LogP) is 5.82. The number of nitrogens with one attached hydrogen (secondary N) is 1. The van der Waals surface area contributed by atoms with Crippen molar-refractivity contribution in [1.82, 2.24) is 5.32 Å². The van der Waals surface area contributed by atoms with Crippen molar-refractivity contribution in [2.75, 3.05) is 6.54 Å². The van der Waals surface area contributed by atoms with Crippen molar-refractivity contribution >= 4 is 0 Å². The van der Waals surface area contributed by atoms with Crippen molar-refractivity contribution in [1.29, 1.82) is 0 Å². The molecule has 0 rings (SSSR count). The van der Waals surface area contributed by atoms with Gasteiger partial charge >= 0.3 is 0 Å². The van der Waals surface area contributed by atoms with E-state index in [1.807, 2.05) is 6.20 Å². The highest BCUT2D eigenvalue weighted by atomic mass is 14.8. The first kappa shape index (κ1) is 20.8. The SMILES string of the molecule is CCCCC/C=C\C/C=C\CCCCCCCCN/C=C/N. The monoisotopic (exact) mass is 306 g/mol. The number of hydrogen-bond donors (Lipinski definition) is 2. The minimum absolute atomic E-state index is 1.04. The molecule has 0 aliphatic carbocycles. The second-order valence-electron chi connectivity index (χ2n) is 5.90. The molecule has 0 radical (unpaired) electrons. The first-order chi connectivity index (χ1) is 10.9. The van der Waals surface area contributed by atoms with Crippen molar-refractivity contribution < 1.29 is 0 Å². The van der Waals surface area contributed by atoms with Gasteiger partial charge < -0.3 is 11.1 Å². The van der Waals surface area contributed by atoms with Crippen LogP contribution in [0.2, 0.25) is 0 Å². The van der Waals surface area contributed by atoms with Crippen molar-refractivity contribution in [3.05, 3.63) is 36.7 Å². The summed E-state index contributed by atoms with van der Waals surface area (Å²) in [5, 5.41) is 3.16. The average Bonchev–Trinajstić information content (AvgIpc) is 2.54. The summed E-state index contributed by atoms with van der Waals surface area (Å²) in [6.45, 7) is 3.30. The topological polar surface area (TPSA) is 38.0 Å². The molecule has 128 valence electrons. The third kappa shape index (κ3) is 18.8. The smallest absolute Gasteiger partial charge is 0.0141 e. The zero-order valence-electron chi connectivity index (χ0n) is 14.7. The van der Waals surface area contributed by atoms with E-state index in [0.717, 1.165) is 13.0 Å². The van der Waals surface area contributed by atoms with E-state index in [0.29, 0.717) is 0 Å². The molecule has 0 amide bonds. The highest BCUT2D eigenvalue weighted by molar-refractivity contribution is 4.92. The fourth-order valence-electron chi connectivity index (χ4n) is 2.37. The molecule has 3 N–H and O–H groups in total. The largest absolute Gasteiger partial charge is 0.403 e. The van der Waals surface area contributed by atoms with Gasteiger partial charge in [0.2, 0.25) is 0 Å². The summed E-state index contributed by atoms with van der Waals surface area (Å²) in [7, 11) is 0. The van der Waals surface area contributed by atoms with Crippen LogP contribution in [0.4, 0.5) is 0 Å². The number of hydrogen-bond acceptors (Lipinski definition) is 2. The van der Waals surface area contributed by atoms with Gasteiger partial charge in [-0.2, -0.15) is 0 Å². The van der Waals surface area contributed by atoms with E-state index in [2.05, 4.69) is 36.5 Å². The highest BCUT2D eigenvalue weighted by Gasteiger charge is 1.90. The molecule has 22 heavy (non-hydrogen) atoms. The van der Waals surface area contributed by atoms with Gasteiger partial charge in [0, 0.05) is 18.9 Å². The molecule has 0 aliphatic rings. The molecular formula is C20H38N2. The second-order valence-corrected chi connectivity index (χ2v) is 5.90. The van der Waals surface area contributed by atoms with Gasteiger partial charge in [0.05, 0.1) is 0 Å². The maximum Gasteiger partial charge on any atom is 0.0141 e. The lowest BCUT2D eigenvalue weighted by molar-refractivity contribution is 0.589. The molecule has 2 heteroatoms. The molecule has 0 unspecified atom stereocenters. The zero-order chi connectivity index (χ0) is 16.1. The first-order valence-corrected chi connectivity index (χ1v) is 9.32. The highest BCUT2D eigenvalue weighted by Crippen LogP contribution is 2.07. The summed E-state index contributed by atoms with van der Waals surface area (Å²) in [5.41, 5.74) is 5.25. The summed E-state index contributed by atoms with van der Waals surface area (Å²) in [5.74, 6) is 0. The minimum Gasteiger partial charge on any atom is -0.403 e. The Bertz CT molecular complexity index is 279. The van der Waals surface area contributed by atoms with E-state index in [1.54, 1.807) is 6.20 Å². The summed E-state index contributed by atoms with van der Waals surface area (Å²) in [6.07, 6.45) is 28.3. The van der Waals surface area contributed by atoms with Crippen molar-refractivity contribution in [2.24, 2.45) is 5.73 Å². The molecule has 0 saturated heterocycles. The van der Waals surface area contributed by atoms with Crippen LogP contribution in [-0.4, -0.2) is 6.54 Å². The van der Waals surface area contributed by atoms with Gasteiger partial charge in [0.15, 0.2) is 0 Å². The van der Waals surface area contributed by atoms with E-state index in [1.165, 1.54) is 70.6 Å². The van der Waals surface area contributed by atoms with Crippen LogP contribution in [0, 0.1) is 0 Å². The maximum atomic E-state index is 5.25. The third-order valence-corrected chi connectivity index (χ3v) is 3.74. The lowest BCUT2D eigenvalue weighted by Gasteiger charge is -2.01. The molecule has 0 heterocycles. The summed E-state index contributed by atoms with van der Waals surface area (Å²) >= 11 is 0. The van der Waals surface area contributed by atoms with Gasteiger partial charge in [-0.3, -0.25) is 0 Å². The van der Waals surface area contributed by atoms with Gasteiger partial charge in [0.25, 0.3) is 0 Å². The number of unbranched alkanes of at least 4 members (excludes halogenated alkanes) is 9. The quantitative estimate of drug-likeness (QED) is 0.278. The molecule has 0 atom stereocenters. The van der Waals surface area contributed by atoms with Crippen molar-refractivity contribution in [3.63, 3.8) is 0 Å². The van der Waals surface area contributed by atoms with Crippen LogP contribution in [-0.2, 0) is 0 Å². The Labute approximate surface area is 138 Å². The van der Waals surface area contributed by atoms with Crippen molar-refractivity contribution in [3.8, 4) is 0 Å². The Morgan fingerprint density at radius 1 is 0.727 bits per heavy atom. The first-order valence-electron chi connectivity index (χ1n) is 9.32.